The fourth-order valence-corrected chi connectivity index (χ4v) is 11.2. The van der Waals surface area contributed by atoms with E-state index >= 15 is 0 Å². The second-order valence-corrected chi connectivity index (χ2v) is 15.4. The molecule has 5 aliphatic carbocycles. The zero-order valence-corrected chi connectivity index (χ0v) is 24.9. The van der Waals surface area contributed by atoms with Gasteiger partial charge in [-0.15, -0.1) is 0 Å². The van der Waals surface area contributed by atoms with Crippen LogP contribution in [-0.2, 0) is 11.3 Å². The lowest BCUT2D eigenvalue weighted by Gasteiger charge is -2.70. The van der Waals surface area contributed by atoms with Crippen molar-refractivity contribution in [1.82, 2.24) is 14.8 Å². The molecule has 0 aliphatic heterocycles. The highest BCUT2D eigenvalue weighted by atomic mass is 16.3. The molecule has 1 aromatic heterocycles. The van der Waals surface area contributed by atoms with Crippen LogP contribution in [-0.4, -0.2) is 25.7 Å². The van der Waals surface area contributed by atoms with E-state index in [1.54, 1.807) is 6.33 Å². The zero-order valence-electron chi connectivity index (χ0n) is 24.9. The molecular formula is C33H46N4O2. The summed E-state index contributed by atoms with van der Waals surface area (Å²) in [5.74, 6) is 2.12. The Morgan fingerprint density at radius 1 is 1.10 bits per heavy atom. The van der Waals surface area contributed by atoms with Crippen molar-refractivity contribution in [3.8, 4) is 0 Å². The average Bonchev–Trinajstić information content (AvgIpc) is 3.39. The Kier molecular flexibility index (Phi) is 5.70. The lowest BCUT2D eigenvalue weighted by atomic mass is 9.33. The molecule has 3 fully saturated rings. The summed E-state index contributed by atoms with van der Waals surface area (Å²) in [6.07, 6.45) is 12.6. The molecule has 6 nitrogen and oxygen atoms in total. The highest BCUT2D eigenvalue weighted by Crippen LogP contribution is 2.75. The van der Waals surface area contributed by atoms with Crippen LogP contribution in [0.2, 0.25) is 0 Å². The molecule has 39 heavy (non-hydrogen) atoms. The Morgan fingerprint density at radius 3 is 2.51 bits per heavy atom. The number of allylic oxidation sites excluding steroid dienone is 4. The maximum Gasteiger partial charge on any atom is 0.203 e. The summed E-state index contributed by atoms with van der Waals surface area (Å²) in [6, 6.07) is 0. The molecule has 0 amide bonds. The van der Waals surface area contributed by atoms with E-state index in [0.717, 1.165) is 38.6 Å². The van der Waals surface area contributed by atoms with Gasteiger partial charge in [0.1, 0.15) is 18.4 Å². The topological polar surface area (TPSA) is 72.4 Å². The van der Waals surface area contributed by atoms with Gasteiger partial charge in [-0.2, -0.15) is 5.10 Å². The number of rotatable bonds is 2. The van der Waals surface area contributed by atoms with Crippen molar-refractivity contribution in [3.63, 3.8) is 0 Å². The molecule has 0 spiro atoms. The van der Waals surface area contributed by atoms with Gasteiger partial charge in [0, 0.05) is 17.9 Å². The normalized spacial score (nSPS) is 46.8. The van der Waals surface area contributed by atoms with Crippen LogP contribution in [0.15, 0.2) is 35.8 Å². The number of hydrogen-bond acceptors (Lipinski definition) is 4. The van der Waals surface area contributed by atoms with Gasteiger partial charge in [0.15, 0.2) is 5.78 Å². The first-order valence-electron chi connectivity index (χ1n) is 15.1. The van der Waals surface area contributed by atoms with E-state index in [9.17, 15) is 9.90 Å². The number of aliphatic hydroxyl groups excluding tert-OH is 1. The molecule has 1 aromatic rings. The Hall–Kier alpha value is -2.42. The Labute approximate surface area is 234 Å². The van der Waals surface area contributed by atoms with E-state index < -0.39 is 5.41 Å². The van der Waals surface area contributed by atoms with Crippen LogP contribution < -0.4 is 0 Å². The maximum atomic E-state index is 14.6. The number of aromatic nitrogens is 3. The molecule has 9 atom stereocenters. The van der Waals surface area contributed by atoms with E-state index in [2.05, 4.69) is 69.5 Å². The lowest BCUT2D eigenvalue weighted by molar-refractivity contribution is -0.181. The molecule has 0 saturated heterocycles. The molecule has 0 aromatic carbocycles. The quantitative estimate of drug-likeness (QED) is 0.404. The first kappa shape index (κ1) is 26.8. The van der Waals surface area contributed by atoms with Crippen molar-refractivity contribution in [3.05, 3.63) is 47.2 Å². The third kappa shape index (κ3) is 3.28. The summed E-state index contributed by atoms with van der Waals surface area (Å²) in [5.41, 5.74) is 0.741. The number of aliphatic hydroxyl groups is 1. The maximum absolute atomic E-state index is 14.6. The standard InChI is InChI=1S/C33H46N4O2/c1-20-9-12-33(17-37-19-35-18-36-37)14-13-32(7)27(26(33)21(20)2)23(38)15-25-30(5)16-22(34-8)28(39)29(3,4)24(30)10-11-31(25,32)6/h15,18-21,24,26-27,39H,9-14,16-17H2,1-7H3/t20-,21+,24+,26+,27-,30+,31-,32-,33-/m1/s1. The number of hydrogen-bond donors (Lipinski definition) is 1. The number of carbonyl (C=O) groups is 1. The number of carbonyl (C=O) groups excluding carboxylic acids is 1. The molecule has 210 valence electrons. The molecule has 1 N–H and O–H groups in total. The molecule has 5 aliphatic rings. The molecule has 0 unspecified atom stereocenters. The van der Waals surface area contributed by atoms with Gasteiger partial charge in [-0.3, -0.25) is 9.48 Å². The Balaban J connectivity index is 1.50. The van der Waals surface area contributed by atoms with Gasteiger partial charge >= 0.3 is 0 Å². The molecule has 1 heterocycles. The summed E-state index contributed by atoms with van der Waals surface area (Å²) < 4.78 is 2.01. The number of ketones is 1. The average molecular weight is 531 g/mol. The fourth-order valence-electron chi connectivity index (χ4n) is 11.2. The van der Waals surface area contributed by atoms with Crippen LogP contribution in [0.4, 0.5) is 0 Å². The van der Waals surface area contributed by atoms with Crippen LogP contribution in [0.3, 0.4) is 0 Å². The molecule has 6 rings (SSSR count). The van der Waals surface area contributed by atoms with Crippen LogP contribution >= 0.6 is 0 Å². The Bertz CT molecular complexity index is 1300. The highest BCUT2D eigenvalue weighted by molar-refractivity contribution is 5.95. The van der Waals surface area contributed by atoms with Gasteiger partial charge in [0.05, 0.1) is 6.57 Å². The van der Waals surface area contributed by atoms with Crippen molar-refractivity contribution in [2.24, 2.45) is 56.7 Å². The van der Waals surface area contributed by atoms with E-state index in [1.807, 2.05) is 11.0 Å². The first-order chi connectivity index (χ1) is 18.2. The van der Waals surface area contributed by atoms with Crippen molar-refractivity contribution < 1.29 is 9.90 Å². The van der Waals surface area contributed by atoms with E-state index in [1.165, 1.54) is 12.0 Å². The Morgan fingerprint density at radius 2 is 1.85 bits per heavy atom. The van der Waals surface area contributed by atoms with Gasteiger partial charge < -0.3 is 5.11 Å². The van der Waals surface area contributed by atoms with Gasteiger partial charge in [-0.25, -0.2) is 9.83 Å². The zero-order chi connectivity index (χ0) is 28.2. The van der Waals surface area contributed by atoms with Gasteiger partial charge in [-0.1, -0.05) is 54.0 Å². The molecular weight excluding hydrogens is 484 g/mol. The lowest BCUT2D eigenvalue weighted by Crippen LogP contribution is -2.65. The fraction of sp³-hybridized carbons (Fsp3) is 0.758. The van der Waals surface area contributed by atoms with Gasteiger partial charge in [-0.05, 0) is 96.4 Å². The van der Waals surface area contributed by atoms with Gasteiger partial charge in [0.25, 0.3) is 0 Å². The van der Waals surface area contributed by atoms with E-state index in [0.29, 0.717) is 35.7 Å². The highest BCUT2D eigenvalue weighted by Gasteiger charge is 2.70. The number of nitrogens with zero attached hydrogens (tertiary/aromatic N) is 4. The van der Waals surface area contributed by atoms with Crippen molar-refractivity contribution in [2.75, 3.05) is 0 Å². The predicted molar refractivity (Wildman–Crippen MR) is 151 cm³/mol. The summed E-state index contributed by atoms with van der Waals surface area (Å²) in [5, 5.41) is 15.6. The first-order valence-corrected chi connectivity index (χ1v) is 15.1. The summed E-state index contributed by atoms with van der Waals surface area (Å²) >= 11 is 0. The largest absolute Gasteiger partial charge is 0.523 e. The number of fused-ring (bicyclic) bond motifs is 7. The van der Waals surface area contributed by atoms with Crippen LogP contribution in [0, 0.1) is 63.2 Å². The smallest absolute Gasteiger partial charge is 0.203 e. The van der Waals surface area contributed by atoms with Crippen molar-refractivity contribution in [2.45, 2.75) is 100.0 Å². The second kappa shape index (κ2) is 8.30. The van der Waals surface area contributed by atoms with Crippen LogP contribution in [0.5, 0.6) is 0 Å². The van der Waals surface area contributed by atoms with Crippen molar-refractivity contribution >= 4 is 5.78 Å². The third-order valence-corrected chi connectivity index (χ3v) is 13.6. The van der Waals surface area contributed by atoms with Crippen molar-refractivity contribution in [1.29, 1.82) is 0 Å². The molecule has 0 bridgehead atoms. The SMILES string of the molecule is [C-]#[N+]C1=C(O)C(C)(C)[C@@H]2CC[C@]3(C)C(=CC(=O)[C@@H]4[C@@H]5[C@@H](C)[C@H](C)CC[C@]5(Cn5cncn5)CC[C@]43C)[C@@]2(C)C1. The summed E-state index contributed by atoms with van der Waals surface area (Å²) in [7, 11) is 0. The molecule has 6 heteroatoms. The predicted octanol–water partition coefficient (Wildman–Crippen LogP) is 7.41. The van der Waals surface area contributed by atoms with Gasteiger partial charge in [0.2, 0.25) is 5.70 Å². The van der Waals surface area contributed by atoms with Crippen LogP contribution in [0.1, 0.15) is 93.4 Å². The summed E-state index contributed by atoms with van der Waals surface area (Å²) in [6.45, 7) is 24.9. The molecule has 3 saturated carbocycles. The van der Waals surface area contributed by atoms with E-state index in [4.69, 9.17) is 6.57 Å². The van der Waals surface area contributed by atoms with Crippen LogP contribution in [0.25, 0.3) is 4.85 Å². The summed E-state index contributed by atoms with van der Waals surface area (Å²) in [4.78, 5) is 22.7. The second-order valence-electron chi connectivity index (χ2n) is 15.4. The monoisotopic (exact) mass is 530 g/mol. The minimum absolute atomic E-state index is 0.0118. The van der Waals surface area contributed by atoms with E-state index in [-0.39, 0.29) is 39.3 Å². The molecule has 0 radical (unpaired) electrons. The minimum atomic E-state index is -0.483. The minimum Gasteiger partial charge on any atom is -0.523 e. The third-order valence-electron chi connectivity index (χ3n) is 13.6.